The molecule has 0 heterocycles. The van der Waals surface area contributed by atoms with E-state index in [-0.39, 0.29) is 11.6 Å². The van der Waals surface area contributed by atoms with Crippen molar-refractivity contribution >= 4 is 0 Å². The van der Waals surface area contributed by atoms with E-state index in [0.717, 1.165) is 11.1 Å². The number of halogens is 1. The zero-order valence-corrected chi connectivity index (χ0v) is 8.77. The summed E-state index contributed by atoms with van der Waals surface area (Å²) in [6.07, 6.45) is 0. The summed E-state index contributed by atoms with van der Waals surface area (Å²) >= 11 is 0. The average Bonchev–Trinajstić information content (AvgIpc) is 2.30. The first-order valence-electron chi connectivity index (χ1n) is 4.83. The molecule has 2 rings (SSSR count). The zero-order chi connectivity index (χ0) is 11.5. The molecule has 0 radical (unpaired) electrons. The van der Waals surface area contributed by atoms with Crippen LogP contribution in [-0.4, -0.2) is 12.2 Å². The van der Waals surface area contributed by atoms with Crippen molar-refractivity contribution in [3.05, 3.63) is 48.3 Å². The maximum Gasteiger partial charge on any atom is 0.130 e. The third kappa shape index (κ3) is 1.98. The molecule has 2 nitrogen and oxygen atoms in total. The molecule has 16 heavy (non-hydrogen) atoms. The average molecular weight is 218 g/mol. The summed E-state index contributed by atoms with van der Waals surface area (Å²) in [5.41, 5.74) is 1.67. The fourth-order valence-electron chi connectivity index (χ4n) is 1.55. The minimum absolute atomic E-state index is 0.141. The molecule has 0 aliphatic rings. The molecule has 0 aromatic heterocycles. The van der Waals surface area contributed by atoms with Gasteiger partial charge in [-0.2, -0.15) is 0 Å². The summed E-state index contributed by atoms with van der Waals surface area (Å²) in [4.78, 5) is 0. The van der Waals surface area contributed by atoms with Gasteiger partial charge in [0.15, 0.2) is 0 Å². The lowest BCUT2D eigenvalue weighted by molar-refractivity contribution is 0.409. The first-order chi connectivity index (χ1) is 7.70. The van der Waals surface area contributed by atoms with Gasteiger partial charge >= 0.3 is 0 Å². The lowest BCUT2D eigenvalue weighted by Crippen LogP contribution is -1.87. The topological polar surface area (TPSA) is 29.5 Å². The first kappa shape index (κ1) is 10.5. The third-order valence-electron chi connectivity index (χ3n) is 2.34. The van der Waals surface area contributed by atoms with Gasteiger partial charge in [0.05, 0.1) is 7.11 Å². The van der Waals surface area contributed by atoms with E-state index in [1.54, 1.807) is 24.3 Å². The lowest BCUT2D eigenvalue weighted by Gasteiger charge is -2.08. The van der Waals surface area contributed by atoms with Crippen molar-refractivity contribution in [2.24, 2.45) is 0 Å². The van der Waals surface area contributed by atoms with E-state index in [1.807, 2.05) is 0 Å². The highest BCUT2D eigenvalue weighted by Gasteiger charge is 2.06. The van der Waals surface area contributed by atoms with E-state index >= 15 is 0 Å². The summed E-state index contributed by atoms with van der Waals surface area (Å²) in [5, 5.41) is 9.32. The molecule has 0 unspecified atom stereocenters. The smallest absolute Gasteiger partial charge is 0.130 e. The Hall–Kier alpha value is -2.03. The van der Waals surface area contributed by atoms with Crippen LogP contribution >= 0.6 is 0 Å². The highest BCUT2D eigenvalue weighted by atomic mass is 19.1. The lowest BCUT2D eigenvalue weighted by atomic mass is 10.0. The van der Waals surface area contributed by atoms with Gasteiger partial charge in [0.1, 0.15) is 17.3 Å². The van der Waals surface area contributed by atoms with E-state index in [1.165, 1.54) is 25.3 Å². The molecule has 3 heteroatoms. The molecule has 2 aromatic carbocycles. The second-order valence-electron chi connectivity index (χ2n) is 3.39. The van der Waals surface area contributed by atoms with Crippen LogP contribution in [0.2, 0.25) is 0 Å². The number of benzene rings is 2. The van der Waals surface area contributed by atoms with Gasteiger partial charge in [0.2, 0.25) is 0 Å². The molecule has 0 atom stereocenters. The molecule has 2 aromatic rings. The van der Waals surface area contributed by atoms with Crippen molar-refractivity contribution in [3.63, 3.8) is 0 Å². The van der Waals surface area contributed by atoms with Crippen LogP contribution in [0.1, 0.15) is 0 Å². The zero-order valence-electron chi connectivity index (χ0n) is 8.77. The molecular weight excluding hydrogens is 207 g/mol. The van der Waals surface area contributed by atoms with Crippen molar-refractivity contribution in [2.45, 2.75) is 0 Å². The van der Waals surface area contributed by atoms with Gasteiger partial charge < -0.3 is 9.84 Å². The van der Waals surface area contributed by atoms with Crippen molar-refractivity contribution in [2.75, 3.05) is 7.11 Å². The highest BCUT2D eigenvalue weighted by molar-refractivity contribution is 5.71. The van der Waals surface area contributed by atoms with Crippen LogP contribution in [-0.2, 0) is 0 Å². The molecule has 0 spiro atoms. The molecule has 0 saturated heterocycles. The number of methoxy groups -OCH3 is 1. The normalized spacial score (nSPS) is 10.1. The number of phenols is 1. The molecule has 0 bridgehead atoms. The summed E-state index contributed by atoms with van der Waals surface area (Å²) in [6.45, 7) is 0. The maximum atomic E-state index is 12.8. The number of ether oxygens (including phenoxy) is 1. The Morgan fingerprint density at radius 2 is 1.75 bits per heavy atom. The van der Waals surface area contributed by atoms with Gasteiger partial charge in [0, 0.05) is 11.6 Å². The summed E-state index contributed by atoms with van der Waals surface area (Å²) < 4.78 is 17.9. The fourth-order valence-corrected chi connectivity index (χ4v) is 1.55. The quantitative estimate of drug-likeness (QED) is 0.838. The predicted octanol–water partition coefficient (Wildman–Crippen LogP) is 3.21. The summed E-state index contributed by atoms with van der Waals surface area (Å²) in [5.74, 6) is 0.427. The van der Waals surface area contributed by atoms with E-state index in [9.17, 15) is 9.50 Å². The molecule has 0 aliphatic heterocycles. The van der Waals surface area contributed by atoms with Crippen LogP contribution in [0, 0.1) is 5.82 Å². The molecular formula is C13H11FO2. The Morgan fingerprint density at radius 1 is 1.06 bits per heavy atom. The van der Waals surface area contributed by atoms with Gasteiger partial charge in [-0.1, -0.05) is 12.1 Å². The Labute approximate surface area is 92.9 Å². The summed E-state index contributed by atoms with van der Waals surface area (Å²) in [7, 11) is 1.53. The number of aromatic hydroxyl groups is 1. The minimum atomic E-state index is -0.276. The predicted molar refractivity (Wildman–Crippen MR) is 60.1 cm³/mol. The first-order valence-corrected chi connectivity index (χ1v) is 4.83. The SMILES string of the molecule is COc1cc(O)ccc1-c1ccc(F)cc1. The van der Waals surface area contributed by atoms with Gasteiger partial charge in [-0.15, -0.1) is 0 Å². The number of hydrogen-bond donors (Lipinski definition) is 1. The number of phenolic OH excluding ortho intramolecular Hbond substituents is 1. The van der Waals surface area contributed by atoms with E-state index in [4.69, 9.17) is 4.74 Å². The van der Waals surface area contributed by atoms with Crippen molar-refractivity contribution in [3.8, 4) is 22.6 Å². The summed E-state index contributed by atoms with van der Waals surface area (Å²) in [6, 6.07) is 11.0. The van der Waals surface area contributed by atoms with Crippen LogP contribution in [0.25, 0.3) is 11.1 Å². The highest BCUT2D eigenvalue weighted by Crippen LogP contribution is 2.32. The van der Waals surface area contributed by atoms with Crippen LogP contribution in [0.5, 0.6) is 11.5 Å². The minimum Gasteiger partial charge on any atom is -0.508 e. The van der Waals surface area contributed by atoms with Crippen LogP contribution in [0.3, 0.4) is 0 Å². The standard InChI is InChI=1S/C13H11FO2/c1-16-13-8-11(15)6-7-12(13)9-2-4-10(14)5-3-9/h2-8,15H,1H3. The monoisotopic (exact) mass is 218 g/mol. The second-order valence-corrected chi connectivity index (χ2v) is 3.39. The number of rotatable bonds is 2. The van der Waals surface area contributed by atoms with Crippen LogP contribution in [0.4, 0.5) is 4.39 Å². The van der Waals surface area contributed by atoms with Gasteiger partial charge in [-0.3, -0.25) is 0 Å². The van der Waals surface area contributed by atoms with E-state index in [2.05, 4.69) is 0 Å². The van der Waals surface area contributed by atoms with Gasteiger partial charge in [-0.05, 0) is 29.8 Å². The second kappa shape index (κ2) is 4.23. The van der Waals surface area contributed by atoms with Crippen molar-refractivity contribution in [1.82, 2.24) is 0 Å². The number of hydrogen-bond acceptors (Lipinski definition) is 2. The van der Waals surface area contributed by atoms with Crippen molar-refractivity contribution < 1.29 is 14.2 Å². The fraction of sp³-hybridized carbons (Fsp3) is 0.0769. The Kier molecular flexibility index (Phi) is 2.77. The van der Waals surface area contributed by atoms with Gasteiger partial charge in [-0.25, -0.2) is 4.39 Å². The molecule has 0 amide bonds. The molecule has 1 N–H and O–H groups in total. The Balaban J connectivity index is 2.51. The van der Waals surface area contributed by atoms with Gasteiger partial charge in [0.25, 0.3) is 0 Å². The Bertz CT molecular complexity index is 492. The van der Waals surface area contributed by atoms with Crippen molar-refractivity contribution in [1.29, 1.82) is 0 Å². The van der Waals surface area contributed by atoms with E-state index in [0.29, 0.717) is 5.75 Å². The molecule has 0 fully saturated rings. The third-order valence-corrected chi connectivity index (χ3v) is 2.34. The largest absolute Gasteiger partial charge is 0.508 e. The van der Waals surface area contributed by atoms with Crippen LogP contribution < -0.4 is 4.74 Å². The molecule has 0 saturated carbocycles. The van der Waals surface area contributed by atoms with Crippen LogP contribution in [0.15, 0.2) is 42.5 Å². The molecule has 82 valence electrons. The Morgan fingerprint density at radius 3 is 2.38 bits per heavy atom. The maximum absolute atomic E-state index is 12.8. The van der Waals surface area contributed by atoms with E-state index < -0.39 is 0 Å². The molecule has 0 aliphatic carbocycles.